The van der Waals surface area contributed by atoms with Crippen LogP contribution in [0.4, 0.5) is 11.4 Å². The first kappa shape index (κ1) is 29.4. The average molecular weight is 641 g/mol. The first-order valence-corrected chi connectivity index (χ1v) is 18.1. The minimum atomic E-state index is -3.64. The van der Waals surface area contributed by atoms with Crippen LogP contribution in [0.5, 0.6) is 0 Å². The van der Waals surface area contributed by atoms with Crippen LogP contribution >= 0.6 is 0 Å². The van der Waals surface area contributed by atoms with Crippen molar-refractivity contribution >= 4 is 38.1 Å². The maximum absolute atomic E-state index is 13.6. The number of nitrogens with zero attached hydrogens (tertiary/aromatic N) is 6. The van der Waals surface area contributed by atoms with E-state index in [-0.39, 0.29) is 30.5 Å². The van der Waals surface area contributed by atoms with Crippen molar-refractivity contribution in [1.82, 2.24) is 29.8 Å². The van der Waals surface area contributed by atoms with Crippen LogP contribution in [0.2, 0.25) is 0 Å². The molecular weight excluding hydrogens is 600 g/mol. The number of hydrogen-bond donors (Lipinski definition) is 2. The molecule has 2 bridgehead atoms. The van der Waals surface area contributed by atoms with Gasteiger partial charge in [0, 0.05) is 66.5 Å². The number of aryl methyl sites for hydroxylation is 1. The van der Waals surface area contributed by atoms with Gasteiger partial charge in [-0.15, -0.1) is 9.19 Å². The van der Waals surface area contributed by atoms with Crippen molar-refractivity contribution in [2.45, 2.75) is 70.0 Å². The average Bonchev–Trinajstić information content (AvgIpc) is 3.68. The van der Waals surface area contributed by atoms with Crippen LogP contribution in [-0.2, 0) is 23.0 Å². The van der Waals surface area contributed by atoms with Gasteiger partial charge in [-0.25, -0.2) is 18.4 Å². The van der Waals surface area contributed by atoms with E-state index in [4.69, 9.17) is 4.98 Å². The van der Waals surface area contributed by atoms with E-state index in [1.807, 2.05) is 6.07 Å². The number of piperazine rings is 1. The Balaban J connectivity index is 1.03. The third-order valence-electron chi connectivity index (χ3n) is 9.96. The molecule has 2 aromatic carbocycles. The summed E-state index contributed by atoms with van der Waals surface area (Å²) in [5, 5.41) is 13.3. The molecule has 4 aliphatic rings. The summed E-state index contributed by atoms with van der Waals surface area (Å²) in [7, 11) is -3.64. The second-order valence-corrected chi connectivity index (χ2v) is 15.2. The molecule has 1 amide bonds. The molecule has 3 aliphatic heterocycles. The highest BCUT2D eigenvalue weighted by atomic mass is 32.2. The fourth-order valence-electron chi connectivity index (χ4n) is 7.45. The molecule has 46 heavy (non-hydrogen) atoms. The Labute approximate surface area is 269 Å². The van der Waals surface area contributed by atoms with Crippen molar-refractivity contribution in [3.63, 3.8) is 0 Å². The van der Waals surface area contributed by atoms with Gasteiger partial charge in [0.1, 0.15) is 12.0 Å². The van der Waals surface area contributed by atoms with Gasteiger partial charge >= 0.3 is 0 Å². The van der Waals surface area contributed by atoms with Gasteiger partial charge in [0.2, 0.25) is 0 Å². The molecule has 4 aromatic rings. The van der Waals surface area contributed by atoms with E-state index in [2.05, 4.69) is 73.8 Å². The molecule has 11 nitrogen and oxygen atoms in total. The van der Waals surface area contributed by atoms with Gasteiger partial charge in [-0.1, -0.05) is 30.3 Å². The van der Waals surface area contributed by atoms with Gasteiger partial charge in [0.05, 0.1) is 18.0 Å². The highest BCUT2D eigenvalue weighted by Gasteiger charge is 2.35. The van der Waals surface area contributed by atoms with Crippen molar-refractivity contribution in [3.05, 3.63) is 77.1 Å². The molecule has 2 atom stereocenters. The van der Waals surface area contributed by atoms with E-state index < -0.39 is 10.0 Å². The number of pyridine rings is 1. The number of benzene rings is 2. The quantitative estimate of drug-likeness (QED) is 0.265. The van der Waals surface area contributed by atoms with Gasteiger partial charge in [-0.05, 0) is 68.5 Å². The van der Waals surface area contributed by atoms with Crippen molar-refractivity contribution in [2.75, 3.05) is 41.7 Å². The van der Waals surface area contributed by atoms with Crippen LogP contribution in [0, 0.1) is 6.92 Å². The van der Waals surface area contributed by atoms with Crippen LogP contribution in [0.1, 0.15) is 71.2 Å². The van der Waals surface area contributed by atoms with Gasteiger partial charge in [0.15, 0.2) is 5.82 Å². The number of amides is 1. The van der Waals surface area contributed by atoms with Gasteiger partial charge in [0.25, 0.3) is 15.9 Å². The summed E-state index contributed by atoms with van der Waals surface area (Å²) in [6.07, 6.45) is 6.76. The third kappa shape index (κ3) is 5.62. The molecule has 1 aliphatic carbocycles. The molecule has 2 unspecified atom stereocenters. The summed E-state index contributed by atoms with van der Waals surface area (Å²) < 4.78 is 26.6. The molecule has 2 aromatic heterocycles. The normalized spacial score (nSPS) is 21.1. The van der Waals surface area contributed by atoms with E-state index in [0.29, 0.717) is 30.1 Å². The van der Waals surface area contributed by atoms with Gasteiger partial charge in [-0.3, -0.25) is 4.79 Å². The van der Waals surface area contributed by atoms with E-state index in [1.54, 1.807) is 0 Å². The summed E-state index contributed by atoms with van der Waals surface area (Å²) in [5.74, 6) is 0.462. The number of rotatable bonds is 9. The molecule has 12 heteroatoms. The van der Waals surface area contributed by atoms with Crippen LogP contribution < -0.4 is 20.4 Å². The molecule has 0 radical (unpaired) electrons. The van der Waals surface area contributed by atoms with E-state index >= 15 is 0 Å². The summed E-state index contributed by atoms with van der Waals surface area (Å²) in [4.78, 5) is 27.5. The zero-order chi connectivity index (χ0) is 31.4. The third-order valence-corrected chi connectivity index (χ3v) is 11.5. The Bertz CT molecular complexity index is 1900. The number of anilines is 2. The second kappa shape index (κ2) is 11.6. The van der Waals surface area contributed by atoms with Crippen LogP contribution in [0.15, 0.2) is 48.8 Å². The fraction of sp³-hybridized carbons (Fsp3) is 0.471. The van der Waals surface area contributed by atoms with Crippen molar-refractivity contribution < 1.29 is 13.2 Å². The Hall–Kier alpha value is -4.03. The van der Waals surface area contributed by atoms with Crippen LogP contribution in [0.3, 0.4) is 0 Å². The summed E-state index contributed by atoms with van der Waals surface area (Å²) in [5.41, 5.74) is 6.09. The number of nitrogens with one attached hydrogen (secondary N) is 2. The lowest BCUT2D eigenvalue weighted by atomic mass is 9.97. The molecule has 2 saturated heterocycles. The first-order chi connectivity index (χ1) is 22.3. The standard InChI is InChI=1S/C34H40N8O3S/c1-22-5-2-6-23-7-3-8-30(32(22)23)40-15-13-27-29(20-40)38-28(17-31(27)41-18-25-11-12-26(19-41)37-25)34(43)35-14-4-16-46(44,45)42-21-36-33(39-42)24-9-10-24/h2-3,5-8,17,21,24-26,37H,4,9-16,18-20H2,1H3,(H,35,43). The van der Waals surface area contributed by atoms with E-state index in [9.17, 15) is 13.2 Å². The lowest BCUT2D eigenvalue weighted by molar-refractivity contribution is 0.0948. The summed E-state index contributed by atoms with van der Waals surface area (Å²) in [6, 6.07) is 15.8. The monoisotopic (exact) mass is 640 g/mol. The maximum atomic E-state index is 13.6. The summed E-state index contributed by atoms with van der Waals surface area (Å²) in [6.45, 7) is 5.71. The smallest absolute Gasteiger partial charge is 0.269 e. The zero-order valence-electron chi connectivity index (χ0n) is 26.2. The Morgan fingerprint density at radius 1 is 1.02 bits per heavy atom. The number of fused-ring (bicyclic) bond motifs is 4. The van der Waals surface area contributed by atoms with Crippen LogP contribution in [0.25, 0.3) is 10.8 Å². The van der Waals surface area contributed by atoms with Crippen molar-refractivity contribution in [2.24, 2.45) is 0 Å². The minimum absolute atomic E-state index is 0.132. The lowest BCUT2D eigenvalue weighted by Gasteiger charge is -2.38. The number of aromatic nitrogens is 4. The number of hydrogen-bond acceptors (Lipinski definition) is 9. The highest BCUT2D eigenvalue weighted by Crippen LogP contribution is 2.38. The van der Waals surface area contributed by atoms with Crippen molar-refractivity contribution in [3.8, 4) is 0 Å². The first-order valence-electron chi connectivity index (χ1n) is 16.5. The molecule has 8 rings (SSSR count). The maximum Gasteiger partial charge on any atom is 0.269 e. The fourth-order valence-corrected chi connectivity index (χ4v) is 8.55. The number of carbonyl (C=O) groups excluding carboxylic acids is 1. The topological polar surface area (TPSA) is 125 Å². The Morgan fingerprint density at radius 2 is 1.80 bits per heavy atom. The predicted octanol–water partition coefficient (Wildman–Crippen LogP) is 3.51. The van der Waals surface area contributed by atoms with E-state index in [0.717, 1.165) is 54.4 Å². The molecule has 240 valence electrons. The molecule has 3 fully saturated rings. The van der Waals surface area contributed by atoms with Gasteiger partial charge in [-0.2, -0.15) is 0 Å². The zero-order valence-corrected chi connectivity index (χ0v) is 27.0. The number of carbonyl (C=O) groups is 1. The predicted molar refractivity (Wildman–Crippen MR) is 178 cm³/mol. The molecule has 1 saturated carbocycles. The second-order valence-electron chi connectivity index (χ2n) is 13.3. The molecule has 0 spiro atoms. The minimum Gasteiger partial charge on any atom is -0.368 e. The molecule has 5 heterocycles. The van der Waals surface area contributed by atoms with Gasteiger partial charge < -0.3 is 20.4 Å². The highest BCUT2D eigenvalue weighted by molar-refractivity contribution is 7.89. The van der Waals surface area contributed by atoms with E-state index in [1.165, 1.54) is 46.8 Å². The molecular formula is C34H40N8O3S. The molecule has 2 N–H and O–H groups in total. The van der Waals surface area contributed by atoms with Crippen LogP contribution in [-0.4, -0.2) is 77.5 Å². The largest absolute Gasteiger partial charge is 0.368 e. The SMILES string of the molecule is Cc1cccc2cccc(N3CCc4c(N5CC6CCC(C5)N6)cc(C(=O)NCCCS(=O)(=O)n5cnc(C6CC6)n5)nc4C3)c12. The summed E-state index contributed by atoms with van der Waals surface area (Å²) >= 11 is 0. The Kier molecular flexibility index (Phi) is 7.44. The Morgan fingerprint density at radius 3 is 2.59 bits per heavy atom. The van der Waals surface area contributed by atoms with Crippen molar-refractivity contribution in [1.29, 1.82) is 0 Å². The lowest BCUT2D eigenvalue weighted by Crippen LogP contribution is -2.51.